The number of aromatic nitrogens is 3. The van der Waals surface area contributed by atoms with Crippen LogP contribution in [0.1, 0.15) is 30.8 Å². The van der Waals surface area contributed by atoms with Crippen LogP contribution in [0.4, 0.5) is 0 Å². The van der Waals surface area contributed by atoms with Crippen LogP contribution in [0.25, 0.3) is 11.5 Å². The molecule has 0 spiro atoms. The van der Waals surface area contributed by atoms with Crippen LogP contribution >= 0.6 is 12.4 Å². The molecular formula is C12H15ClN4O. The third-order valence-electron chi connectivity index (χ3n) is 3.35. The highest BCUT2D eigenvalue weighted by atomic mass is 35.5. The average molecular weight is 267 g/mol. The Morgan fingerprint density at radius 1 is 1.39 bits per heavy atom. The lowest BCUT2D eigenvalue weighted by Crippen LogP contribution is -2.44. The minimum atomic E-state index is -0.377. The number of aryl methyl sites for hydroxylation is 1. The van der Waals surface area contributed by atoms with Gasteiger partial charge in [-0.15, -0.1) is 12.4 Å². The quantitative estimate of drug-likeness (QED) is 0.902. The zero-order valence-corrected chi connectivity index (χ0v) is 10.9. The fraction of sp³-hybridized carbons (Fsp3) is 0.417. The van der Waals surface area contributed by atoms with Crippen molar-refractivity contribution in [3.05, 3.63) is 29.8 Å². The Morgan fingerprint density at radius 3 is 2.78 bits per heavy atom. The fourth-order valence-electron chi connectivity index (χ4n) is 2.03. The van der Waals surface area contributed by atoms with Crippen LogP contribution in [0, 0.1) is 6.92 Å². The van der Waals surface area contributed by atoms with Crippen LogP contribution in [-0.4, -0.2) is 15.1 Å². The van der Waals surface area contributed by atoms with Crippen molar-refractivity contribution >= 4 is 12.4 Å². The van der Waals surface area contributed by atoms with Gasteiger partial charge in [0.25, 0.3) is 5.89 Å². The summed E-state index contributed by atoms with van der Waals surface area (Å²) in [6, 6.07) is 3.78. The standard InChI is InChI=1S/C12H14N4O.ClH/c1-8-9(4-2-7-14-8)10-15-11(16-17-10)12(13)5-3-6-12;/h2,4,7H,3,5-6,13H2,1H3;1H. The summed E-state index contributed by atoms with van der Waals surface area (Å²) in [5.74, 6) is 1.12. The number of hydrogen-bond donors (Lipinski definition) is 1. The summed E-state index contributed by atoms with van der Waals surface area (Å²) in [7, 11) is 0. The van der Waals surface area contributed by atoms with Crippen LogP contribution in [0.5, 0.6) is 0 Å². The number of halogens is 1. The van der Waals surface area contributed by atoms with Gasteiger partial charge in [-0.25, -0.2) is 0 Å². The van der Waals surface area contributed by atoms with Gasteiger partial charge in [0.05, 0.1) is 11.1 Å². The Hall–Kier alpha value is -1.46. The molecule has 1 fully saturated rings. The summed E-state index contributed by atoms with van der Waals surface area (Å²) in [5.41, 5.74) is 7.52. The van der Waals surface area contributed by atoms with E-state index >= 15 is 0 Å². The topological polar surface area (TPSA) is 77.8 Å². The molecule has 96 valence electrons. The second-order valence-corrected chi connectivity index (χ2v) is 4.57. The van der Waals surface area contributed by atoms with Crippen molar-refractivity contribution in [3.63, 3.8) is 0 Å². The van der Waals surface area contributed by atoms with Gasteiger partial charge in [0.2, 0.25) is 0 Å². The smallest absolute Gasteiger partial charge is 0.259 e. The molecule has 0 aliphatic heterocycles. The first-order chi connectivity index (χ1) is 8.19. The third-order valence-corrected chi connectivity index (χ3v) is 3.35. The minimum absolute atomic E-state index is 0. The van der Waals surface area contributed by atoms with Gasteiger partial charge in [0, 0.05) is 11.9 Å². The van der Waals surface area contributed by atoms with E-state index in [0.29, 0.717) is 11.7 Å². The van der Waals surface area contributed by atoms with E-state index in [1.54, 1.807) is 6.20 Å². The van der Waals surface area contributed by atoms with Crippen LogP contribution in [-0.2, 0) is 5.54 Å². The molecule has 0 saturated heterocycles. The summed E-state index contributed by atoms with van der Waals surface area (Å²) in [6.07, 6.45) is 4.73. The molecule has 0 amide bonds. The van der Waals surface area contributed by atoms with E-state index in [-0.39, 0.29) is 17.9 Å². The summed E-state index contributed by atoms with van der Waals surface area (Å²) in [6.45, 7) is 1.92. The Bertz CT molecular complexity index is 551. The lowest BCUT2D eigenvalue weighted by atomic mass is 9.77. The molecule has 0 radical (unpaired) electrons. The molecule has 6 heteroatoms. The largest absolute Gasteiger partial charge is 0.334 e. The predicted octanol–water partition coefficient (Wildman–Crippen LogP) is 2.20. The minimum Gasteiger partial charge on any atom is -0.334 e. The summed E-state index contributed by atoms with van der Waals surface area (Å²) in [5, 5.41) is 3.99. The highest BCUT2D eigenvalue weighted by Crippen LogP contribution is 2.37. The first kappa shape index (κ1) is 13.0. The zero-order chi connectivity index (χ0) is 11.9. The predicted molar refractivity (Wildman–Crippen MR) is 69.2 cm³/mol. The van der Waals surface area contributed by atoms with Crippen molar-refractivity contribution in [2.75, 3.05) is 0 Å². The van der Waals surface area contributed by atoms with Gasteiger partial charge in [-0.2, -0.15) is 4.98 Å². The number of rotatable bonds is 2. The van der Waals surface area contributed by atoms with Crippen molar-refractivity contribution in [1.29, 1.82) is 0 Å². The van der Waals surface area contributed by atoms with Gasteiger partial charge in [-0.1, -0.05) is 5.16 Å². The highest BCUT2D eigenvalue weighted by molar-refractivity contribution is 5.85. The molecule has 2 heterocycles. The van der Waals surface area contributed by atoms with Gasteiger partial charge in [0.15, 0.2) is 5.82 Å². The van der Waals surface area contributed by atoms with Crippen LogP contribution < -0.4 is 5.73 Å². The van der Waals surface area contributed by atoms with E-state index in [1.165, 1.54) is 0 Å². The SMILES string of the molecule is Cc1ncccc1-c1nc(C2(N)CCC2)no1.Cl. The molecule has 0 bridgehead atoms. The fourth-order valence-corrected chi connectivity index (χ4v) is 2.03. The molecule has 2 aromatic rings. The molecule has 1 aliphatic carbocycles. The van der Waals surface area contributed by atoms with E-state index < -0.39 is 0 Å². The number of hydrogen-bond acceptors (Lipinski definition) is 5. The van der Waals surface area contributed by atoms with E-state index in [4.69, 9.17) is 10.3 Å². The number of pyridine rings is 1. The Balaban J connectivity index is 0.00000120. The highest BCUT2D eigenvalue weighted by Gasteiger charge is 2.39. The van der Waals surface area contributed by atoms with Crippen molar-refractivity contribution in [3.8, 4) is 11.5 Å². The van der Waals surface area contributed by atoms with Crippen molar-refractivity contribution in [2.45, 2.75) is 31.7 Å². The Morgan fingerprint density at radius 2 is 2.17 bits per heavy atom. The molecule has 2 N–H and O–H groups in total. The van der Waals surface area contributed by atoms with Crippen molar-refractivity contribution in [2.24, 2.45) is 5.73 Å². The second kappa shape index (κ2) is 4.66. The first-order valence-electron chi connectivity index (χ1n) is 5.74. The number of nitrogens with zero attached hydrogens (tertiary/aromatic N) is 3. The number of nitrogens with two attached hydrogens (primary N) is 1. The van der Waals surface area contributed by atoms with E-state index in [2.05, 4.69) is 15.1 Å². The van der Waals surface area contributed by atoms with Gasteiger partial charge < -0.3 is 10.3 Å². The molecule has 1 aliphatic rings. The molecule has 18 heavy (non-hydrogen) atoms. The van der Waals surface area contributed by atoms with Crippen LogP contribution in [0.3, 0.4) is 0 Å². The molecule has 2 aromatic heterocycles. The monoisotopic (exact) mass is 266 g/mol. The second-order valence-electron chi connectivity index (χ2n) is 4.57. The van der Waals surface area contributed by atoms with Gasteiger partial charge >= 0.3 is 0 Å². The summed E-state index contributed by atoms with van der Waals surface area (Å²) >= 11 is 0. The van der Waals surface area contributed by atoms with E-state index in [1.807, 2.05) is 19.1 Å². The Labute approximate surface area is 111 Å². The third kappa shape index (κ3) is 2.00. The lowest BCUT2D eigenvalue weighted by Gasteiger charge is -2.34. The van der Waals surface area contributed by atoms with Crippen molar-refractivity contribution < 1.29 is 4.52 Å². The summed E-state index contributed by atoms with van der Waals surface area (Å²) in [4.78, 5) is 8.59. The maximum Gasteiger partial charge on any atom is 0.259 e. The zero-order valence-electron chi connectivity index (χ0n) is 10.1. The molecule has 5 nitrogen and oxygen atoms in total. The van der Waals surface area contributed by atoms with E-state index in [9.17, 15) is 0 Å². The van der Waals surface area contributed by atoms with Gasteiger partial charge in [-0.3, -0.25) is 4.98 Å². The summed E-state index contributed by atoms with van der Waals surface area (Å²) < 4.78 is 5.27. The maximum atomic E-state index is 6.15. The van der Waals surface area contributed by atoms with Crippen LogP contribution in [0.15, 0.2) is 22.9 Å². The van der Waals surface area contributed by atoms with Gasteiger partial charge in [-0.05, 0) is 38.3 Å². The van der Waals surface area contributed by atoms with Crippen LogP contribution in [0.2, 0.25) is 0 Å². The molecular weight excluding hydrogens is 252 g/mol. The Kier molecular flexibility index (Phi) is 3.36. The molecule has 0 unspecified atom stereocenters. The normalized spacial score (nSPS) is 16.8. The average Bonchev–Trinajstić information content (AvgIpc) is 2.76. The molecule has 3 rings (SSSR count). The first-order valence-corrected chi connectivity index (χ1v) is 5.74. The molecule has 1 saturated carbocycles. The van der Waals surface area contributed by atoms with Gasteiger partial charge in [0.1, 0.15) is 0 Å². The van der Waals surface area contributed by atoms with E-state index in [0.717, 1.165) is 30.5 Å². The maximum absolute atomic E-state index is 6.15. The lowest BCUT2D eigenvalue weighted by molar-refractivity contribution is 0.229. The molecule has 0 atom stereocenters. The van der Waals surface area contributed by atoms with Crippen molar-refractivity contribution in [1.82, 2.24) is 15.1 Å². The molecule has 0 aromatic carbocycles.